The van der Waals surface area contributed by atoms with Crippen molar-refractivity contribution in [1.82, 2.24) is 4.98 Å². The minimum absolute atomic E-state index is 0.0572. The summed E-state index contributed by atoms with van der Waals surface area (Å²) in [5.41, 5.74) is 0.599. The summed E-state index contributed by atoms with van der Waals surface area (Å²) < 4.78 is 26.6. The molecule has 0 atom stereocenters. The lowest BCUT2D eigenvalue weighted by molar-refractivity contribution is -0.0118. The van der Waals surface area contributed by atoms with Gasteiger partial charge in [-0.3, -0.25) is 0 Å². The van der Waals surface area contributed by atoms with Crippen LogP contribution in [-0.2, 0) is 0 Å². The Labute approximate surface area is 104 Å². The minimum Gasteiger partial charge on any atom is -0.351 e. The second kappa shape index (κ2) is 4.61. The van der Waals surface area contributed by atoms with E-state index in [2.05, 4.69) is 11.6 Å². The highest BCUT2D eigenvalue weighted by Gasteiger charge is 2.35. The molecule has 1 saturated heterocycles. The van der Waals surface area contributed by atoms with Crippen LogP contribution in [0.5, 0.6) is 0 Å². The highest BCUT2D eigenvalue weighted by atomic mass is 35.5. The van der Waals surface area contributed by atoms with E-state index in [1.165, 1.54) is 0 Å². The zero-order valence-electron chi connectivity index (χ0n) is 9.30. The maximum absolute atomic E-state index is 13.3. The summed E-state index contributed by atoms with van der Waals surface area (Å²) >= 11 is 5.92. The van der Waals surface area contributed by atoms with Gasteiger partial charge in [-0.15, -0.1) is 0 Å². The molecule has 1 aliphatic heterocycles. The van der Waals surface area contributed by atoms with Crippen molar-refractivity contribution in [3.05, 3.63) is 29.4 Å². The molecule has 0 radical (unpaired) electrons. The Kier molecular flexibility index (Phi) is 3.33. The first-order chi connectivity index (χ1) is 8.00. The van der Waals surface area contributed by atoms with E-state index in [1.807, 2.05) is 0 Å². The van der Waals surface area contributed by atoms with Crippen LogP contribution >= 0.6 is 11.6 Å². The van der Waals surface area contributed by atoms with Crippen LogP contribution in [0.2, 0.25) is 5.02 Å². The number of pyridine rings is 1. The number of halogens is 3. The fourth-order valence-corrected chi connectivity index (χ4v) is 2.14. The lowest BCUT2D eigenvalue weighted by Crippen LogP contribution is -2.43. The van der Waals surface area contributed by atoms with E-state index in [0.29, 0.717) is 29.5 Å². The van der Waals surface area contributed by atoms with E-state index >= 15 is 0 Å². The molecule has 92 valence electrons. The number of anilines is 1. The zero-order chi connectivity index (χ0) is 12.5. The summed E-state index contributed by atoms with van der Waals surface area (Å²) in [6.07, 6.45) is 1.96. The third-order valence-corrected chi connectivity index (χ3v) is 2.94. The lowest BCUT2D eigenvalue weighted by Gasteiger charge is -2.33. The Balaban J connectivity index is 2.27. The zero-order valence-corrected chi connectivity index (χ0v) is 10.1. The van der Waals surface area contributed by atoms with Gasteiger partial charge in [0.15, 0.2) is 0 Å². The maximum atomic E-state index is 13.3. The number of alkyl halides is 2. The van der Waals surface area contributed by atoms with Crippen molar-refractivity contribution >= 4 is 23.5 Å². The van der Waals surface area contributed by atoms with Crippen LogP contribution in [0, 0.1) is 0 Å². The van der Waals surface area contributed by atoms with Gasteiger partial charge in [-0.25, -0.2) is 13.8 Å². The van der Waals surface area contributed by atoms with Crippen LogP contribution in [0.1, 0.15) is 18.5 Å². The van der Waals surface area contributed by atoms with Crippen LogP contribution < -0.4 is 4.90 Å². The predicted octanol–water partition coefficient (Wildman–Crippen LogP) is 3.61. The normalized spacial score (nSPS) is 19.1. The van der Waals surface area contributed by atoms with E-state index in [1.54, 1.807) is 23.1 Å². The molecule has 0 aliphatic carbocycles. The molecule has 17 heavy (non-hydrogen) atoms. The van der Waals surface area contributed by atoms with Crippen molar-refractivity contribution in [2.75, 3.05) is 18.0 Å². The van der Waals surface area contributed by atoms with Crippen molar-refractivity contribution < 1.29 is 8.78 Å². The number of rotatable bonds is 2. The average molecular weight is 259 g/mol. The fourth-order valence-electron chi connectivity index (χ4n) is 1.93. The molecule has 2 nitrogen and oxygen atoms in total. The van der Waals surface area contributed by atoms with Crippen LogP contribution in [0.15, 0.2) is 18.7 Å². The topological polar surface area (TPSA) is 16.1 Å². The van der Waals surface area contributed by atoms with Gasteiger partial charge in [0.2, 0.25) is 0 Å². The molecular formula is C12H13ClF2N2. The summed E-state index contributed by atoms with van der Waals surface area (Å²) in [6.45, 7) is 3.89. The van der Waals surface area contributed by atoms with Crippen molar-refractivity contribution in [3.8, 4) is 0 Å². The van der Waals surface area contributed by atoms with Gasteiger partial charge >= 0.3 is 0 Å². The number of piperidine rings is 1. The molecule has 1 aromatic heterocycles. The number of aromatic nitrogens is 1. The van der Waals surface area contributed by atoms with Crippen LogP contribution in [0.3, 0.4) is 0 Å². The standard InChI is InChI=1S/C12H13ClF2N2/c1-2-10-6-9(13)7-11(16-10)17-5-3-4-12(14,15)8-17/h2,6-7H,1,3-5,8H2. The molecule has 1 aliphatic rings. The summed E-state index contributed by atoms with van der Waals surface area (Å²) in [7, 11) is 0. The summed E-state index contributed by atoms with van der Waals surface area (Å²) in [5, 5.41) is 0.485. The maximum Gasteiger partial charge on any atom is 0.265 e. The molecule has 1 aromatic rings. The van der Waals surface area contributed by atoms with Crippen LogP contribution in [0.25, 0.3) is 6.08 Å². The van der Waals surface area contributed by atoms with E-state index in [0.717, 1.165) is 0 Å². The van der Waals surface area contributed by atoms with Crippen LogP contribution in [0.4, 0.5) is 14.6 Å². The summed E-state index contributed by atoms with van der Waals surface area (Å²) in [4.78, 5) is 5.80. The summed E-state index contributed by atoms with van der Waals surface area (Å²) in [6, 6.07) is 3.26. The Morgan fingerprint density at radius 2 is 2.24 bits per heavy atom. The second-order valence-corrected chi connectivity index (χ2v) is 4.59. The van der Waals surface area contributed by atoms with Crippen molar-refractivity contribution in [2.24, 2.45) is 0 Å². The van der Waals surface area contributed by atoms with E-state index in [-0.39, 0.29) is 13.0 Å². The Bertz CT molecular complexity index is 435. The molecule has 0 spiro atoms. The SMILES string of the molecule is C=Cc1cc(Cl)cc(N2CCCC(F)(F)C2)n1. The van der Waals surface area contributed by atoms with E-state index in [4.69, 9.17) is 11.6 Å². The van der Waals surface area contributed by atoms with Gasteiger partial charge < -0.3 is 4.90 Å². The van der Waals surface area contributed by atoms with Gasteiger partial charge in [0.1, 0.15) is 5.82 Å². The molecule has 0 unspecified atom stereocenters. The Morgan fingerprint density at radius 3 is 2.88 bits per heavy atom. The molecule has 0 N–H and O–H groups in total. The van der Waals surface area contributed by atoms with Gasteiger partial charge in [-0.2, -0.15) is 0 Å². The monoisotopic (exact) mass is 258 g/mol. The molecule has 0 saturated carbocycles. The summed E-state index contributed by atoms with van der Waals surface area (Å²) in [5.74, 6) is -2.15. The van der Waals surface area contributed by atoms with Crippen LogP contribution in [-0.4, -0.2) is 24.0 Å². The molecule has 2 rings (SSSR count). The van der Waals surface area contributed by atoms with Crippen molar-refractivity contribution in [2.45, 2.75) is 18.8 Å². The van der Waals surface area contributed by atoms with Gasteiger partial charge in [0, 0.05) is 18.0 Å². The largest absolute Gasteiger partial charge is 0.351 e. The third-order valence-electron chi connectivity index (χ3n) is 2.72. The molecule has 1 fully saturated rings. The average Bonchev–Trinajstić information content (AvgIpc) is 2.27. The number of hydrogen-bond donors (Lipinski definition) is 0. The molecule has 0 aromatic carbocycles. The molecular weight excluding hydrogens is 246 g/mol. The number of hydrogen-bond acceptors (Lipinski definition) is 2. The van der Waals surface area contributed by atoms with E-state index < -0.39 is 5.92 Å². The first-order valence-corrected chi connectivity index (χ1v) is 5.81. The Hall–Kier alpha value is -1.16. The first kappa shape index (κ1) is 12.3. The van der Waals surface area contributed by atoms with Gasteiger partial charge in [-0.05, 0) is 24.6 Å². The minimum atomic E-state index is -2.64. The Morgan fingerprint density at radius 1 is 1.47 bits per heavy atom. The molecule has 5 heteroatoms. The van der Waals surface area contributed by atoms with Crippen molar-refractivity contribution in [1.29, 1.82) is 0 Å². The van der Waals surface area contributed by atoms with Gasteiger partial charge in [0.05, 0.1) is 12.2 Å². The van der Waals surface area contributed by atoms with E-state index in [9.17, 15) is 8.78 Å². The number of nitrogens with zero attached hydrogens (tertiary/aromatic N) is 2. The highest BCUT2D eigenvalue weighted by molar-refractivity contribution is 6.30. The highest BCUT2D eigenvalue weighted by Crippen LogP contribution is 2.30. The molecule has 0 amide bonds. The fraction of sp³-hybridized carbons (Fsp3) is 0.417. The molecule has 0 bridgehead atoms. The smallest absolute Gasteiger partial charge is 0.265 e. The first-order valence-electron chi connectivity index (χ1n) is 5.43. The van der Waals surface area contributed by atoms with Crippen molar-refractivity contribution in [3.63, 3.8) is 0 Å². The quantitative estimate of drug-likeness (QED) is 0.806. The van der Waals surface area contributed by atoms with Gasteiger partial charge in [0.25, 0.3) is 5.92 Å². The predicted molar refractivity (Wildman–Crippen MR) is 65.7 cm³/mol. The molecule has 2 heterocycles. The third kappa shape index (κ3) is 2.94. The van der Waals surface area contributed by atoms with Gasteiger partial charge in [-0.1, -0.05) is 18.2 Å². The lowest BCUT2D eigenvalue weighted by atomic mass is 10.1. The second-order valence-electron chi connectivity index (χ2n) is 4.15.